The van der Waals surface area contributed by atoms with Gasteiger partial charge in [0, 0.05) is 32.4 Å². The Kier molecular flexibility index (Phi) is 2.41. The predicted molar refractivity (Wildman–Crippen MR) is 48.0 cm³/mol. The standard InChI is InChI=1S/C8H13N3/c1-7-5-4-6-9-8(10-7)11(2)3/h5-6H,4H2,1-3H3. The Morgan fingerprint density at radius 1 is 1.45 bits per heavy atom. The van der Waals surface area contributed by atoms with Gasteiger partial charge in [-0.3, -0.25) is 0 Å². The maximum absolute atomic E-state index is 4.28. The highest BCUT2D eigenvalue weighted by atomic mass is 15.2. The third-order valence-electron chi connectivity index (χ3n) is 1.40. The minimum absolute atomic E-state index is 0.774. The molecule has 0 bridgehead atoms. The minimum Gasteiger partial charge on any atom is -0.347 e. The Morgan fingerprint density at radius 3 is 2.82 bits per heavy atom. The Morgan fingerprint density at radius 2 is 2.18 bits per heavy atom. The molecule has 0 aromatic rings. The van der Waals surface area contributed by atoms with Crippen molar-refractivity contribution in [1.82, 2.24) is 4.90 Å². The molecular formula is C8H13N3. The van der Waals surface area contributed by atoms with Gasteiger partial charge in [-0.2, -0.15) is 0 Å². The monoisotopic (exact) mass is 151 g/mol. The van der Waals surface area contributed by atoms with Crippen molar-refractivity contribution in [1.29, 1.82) is 0 Å². The molecule has 0 fully saturated rings. The highest BCUT2D eigenvalue weighted by molar-refractivity contribution is 5.89. The highest BCUT2D eigenvalue weighted by Gasteiger charge is 2.00. The molecular weight excluding hydrogens is 138 g/mol. The van der Waals surface area contributed by atoms with Crippen LogP contribution < -0.4 is 0 Å². The quantitative estimate of drug-likeness (QED) is 0.512. The van der Waals surface area contributed by atoms with Crippen LogP contribution in [0.25, 0.3) is 0 Å². The predicted octanol–water partition coefficient (Wildman–Crippen LogP) is 1.28. The summed E-state index contributed by atoms with van der Waals surface area (Å²) in [4.78, 5) is 10.4. The van der Waals surface area contributed by atoms with E-state index in [-0.39, 0.29) is 0 Å². The van der Waals surface area contributed by atoms with Gasteiger partial charge in [0.2, 0.25) is 5.96 Å². The van der Waals surface area contributed by atoms with E-state index < -0.39 is 0 Å². The fourth-order valence-electron chi connectivity index (χ4n) is 0.805. The lowest BCUT2D eigenvalue weighted by Crippen LogP contribution is -2.19. The molecule has 60 valence electrons. The van der Waals surface area contributed by atoms with E-state index in [1.807, 2.05) is 32.1 Å². The van der Waals surface area contributed by atoms with E-state index in [1.165, 1.54) is 0 Å². The van der Waals surface area contributed by atoms with Crippen LogP contribution in [-0.2, 0) is 0 Å². The summed E-state index contributed by atoms with van der Waals surface area (Å²) in [6, 6.07) is 0. The molecule has 0 saturated carbocycles. The number of aliphatic imine (C=N–C) groups is 2. The molecule has 1 rings (SSSR count). The molecule has 1 heterocycles. The summed E-state index contributed by atoms with van der Waals surface area (Å²) in [6.07, 6.45) is 4.81. The van der Waals surface area contributed by atoms with Crippen molar-refractivity contribution >= 4 is 12.2 Å². The van der Waals surface area contributed by atoms with E-state index in [0.29, 0.717) is 0 Å². The Bertz CT molecular complexity index is 223. The van der Waals surface area contributed by atoms with Crippen molar-refractivity contribution in [2.45, 2.75) is 13.3 Å². The van der Waals surface area contributed by atoms with Crippen LogP contribution in [-0.4, -0.2) is 31.2 Å². The zero-order valence-corrected chi connectivity index (χ0v) is 7.20. The molecule has 0 unspecified atom stereocenters. The van der Waals surface area contributed by atoms with Crippen molar-refractivity contribution in [3.8, 4) is 0 Å². The maximum atomic E-state index is 4.28. The van der Waals surface area contributed by atoms with Crippen LogP contribution in [0.15, 0.2) is 21.8 Å². The molecule has 11 heavy (non-hydrogen) atoms. The summed E-state index contributed by atoms with van der Waals surface area (Å²) in [5, 5.41) is 0. The molecule has 3 heteroatoms. The Labute approximate surface area is 67.1 Å². The number of guanidine groups is 1. The van der Waals surface area contributed by atoms with E-state index in [2.05, 4.69) is 16.1 Å². The molecule has 3 nitrogen and oxygen atoms in total. The maximum Gasteiger partial charge on any atom is 0.224 e. The average molecular weight is 151 g/mol. The summed E-state index contributed by atoms with van der Waals surface area (Å²) in [6.45, 7) is 1.98. The molecule has 0 N–H and O–H groups in total. The summed E-state index contributed by atoms with van der Waals surface area (Å²) in [5.41, 5.74) is 1.03. The van der Waals surface area contributed by atoms with E-state index in [1.54, 1.807) is 0 Å². The van der Waals surface area contributed by atoms with Gasteiger partial charge in [-0.05, 0) is 6.92 Å². The molecule has 0 aliphatic carbocycles. The lowest BCUT2D eigenvalue weighted by molar-refractivity contribution is 0.614. The number of nitrogens with zero attached hydrogens (tertiary/aromatic N) is 3. The SMILES string of the molecule is CC1=CCC=NC(N(C)C)=N1. The molecule has 0 atom stereocenters. The number of hydrogen-bond donors (Lipinski definition) is 0. The van der Waals surface area contributed by atoms with E-state index in [9.17, 15) is 0 Å². The first-order valence-electron chi connectivity index (χ1n) is 3.65. The van der Waals surface area contributed by atoms with Crippen molar-refractivity contribution in [3.05, 3.63) is 11.8 Å². The van der Waals surface area contributed by atoms with Gasteiger partial charge >= 0.3 is 0 Å². The lowest BCUT2D eigenvalue weighted by atomic mass is 10.4. The van der Waals surface area contributed by atoms with Crippen LogP contribution in [0.3, 0.4) is 0 Å². The molecule has 1 aliphatic heterocycles. The molecule has 0 amide bonds. The van der Waals surface area contributed by atoms with Gasteiger partial charge in [0.15, 0.2) is 0 Å². The van der Waals surface area contributed by atoms with Crippen LogP contribution in [0, 0.1) is 0 Å². The van der Waals surface area contributed by atoms with Crippen LogP contribution in [0.4, 0.5) is 0 Å². The number of hydrogen-bond acceptors (Lipinski definition) is 3. The zero-order chi connectivity index (χ0) is 8.27. The Hall–Kier alpha value is -1.12. The zero-order valence-electron chi connectivity index (χ0n) is 7.20. The normalized spacial score (nSPS) is 17.0. The summed E-state index contributed by atoms with van der Waals surface area (Å²) >= 11 is 0. The van der Waals surface area contributed by atoms with Crippen LogP contribution in [0.5, 0.6) is 0 Å². The summed E-state index contributed by atoms with van der Waals surface area (Å²) in [7, 11) is 3.88. The van der Waals surface area contributed by atoms with Gasteiger partial charge in [-0.25, -0.2) is 9.98 Å². The van der Waals surface area contributed by atoms with Crippen molar-refractivity contribution in [2.24, 2.45) is 9.98 Å². The van der Waals surface area contributed by atoms with Gasteiger partial charge in [0.1, 0.15) is 0 Å². The fraction of sp³-hybridized carbons (Fsp3) is 0.500. The van der Waals surface area contributed by atoms with Crippen LogP contribution in [0.1, 0.15) is 13.3 Å². The summed E-state index contributed by atoms with van der Waals surface area (Å²) < 4.78 is 0. The van der Waals surface area contributed by atoms with E-state index >= 15 is 0 Å². The molecule has 0 spiro atoms. The van der Waals surface area contributed by atoms with Gasteiger partial charge in [0.25, 0.3) is 0 Å². The molecule has 1 aliphatic rings. The number of rotatable bonds is 0. The molecule has 0 radical (unpaired) electrons. The molecule has 0 aromatic heterocycles. The largest absolute Gasteiger partial charge is 0.347 e. The first kappa shape index (κ1) is 7.98. The number of allylic oxidation sites excluding steroid dienone is 2. The first-order chi connectivity index (χ1) is 5.20. The van der Waals surface area contributed by atoms with Crippen molar-refractivity contribution in [2.75, 3.05) is 14.1 Å². The lowest BCUT2D eigenvalue weighted by Gasteiger charge is -2.09. The van der Waals surface area contributed by atoms with Gasteiger partial charge in [0.05, 0.1) is 0 Å². The van der Waals surface area contributed by atoms with Gasteiger partial charge in [-0.15, -0.1) is 0 Å². The van der Waals surface area contributed by atoms with E-state index in [0.717, 1.165) is 18.1 Å². The smallest absolute Gasteiger partial charge is 0.224 e. The third-order valence-corrected chi connectivity index (χ3v) is 1.40. The highest BCUT2D eigenvalue weighted by Crippen LogP contribution is 2.02. The third kappa shape index (κ3) is 2.18. The molecule has 0 saturated heterocycles. The average Bonchev–Trinajstić information content (AvgIpc) is 2.13. The Balaban J connectivity index is 2.84. The van der Waals surface area contributed by atoms with Crippen molar-refractivity contribution in [3.63, 3.8) is 0 Å². The second-order valence-electron chi connectivity index (χ2n) is 2.70. The van der Waals surface area contributed by atoms with E-state index in [4.69, 9.17) is 0 Å². The topological polar surface area (TPSA) is 28.0 Å². The van der Waals surface area contributed by atoms with Gasteiger partial charge in [-0.1, -0.05) is 6.08 Å². The van der Waals surface area contributed by atoms with Crippen LogP contribution >= 0.6 is 0 Å². The fourth-order valence-corrected chi connectivity index (χ4v) is 0.805. The first-order valence-corrected chi connectivity index (χ1v) is 3.65. The van der Waals surface area contributed by atoms with Crippen molar-refractivity contribution < 1.29 is 0 Å². The minimum atomic E-state index is 0.774. The second-order valence-corrected chi connectivity index (χ2v) is 2.70. The van der Waals surface area contributed by atoms with Crippen LogP contribution in [0.2, 0.25) is 0 Å². The molecule has 0 aromatic carbocycles. The summed E-state index contributed by atoms with van der Waals surface area (Å²) in [5.74, 6) is 0.774. The second kappa shape index (κ2) is 3.32. The van der Waals surface area contributed by atoms with Gasteiger partial charge < -0.3 is 4.90 Å².